The maximum Gasteiger partial charge on any atom is 0.188 e. The van der Waals surface area contributed by atoms with Gasteiger partial charge in [0.05, 0.1) is 0 Å². The largest absolute Gasteiger partial charge is 0.370 e. The summed E-state index contributed by atoms with van der Waals surface area (Å²) in [6.45, 7) is 5.78. The molecule has 20 heavy (non-hydrogen) atoms. The number of guanidine groups is 1. The zero-order valence-corrected chi connectivity index (χ0v) is 14.6. The van der Waals surface area contributed by atoms with Gasteiger partial charge in [-0.1, -0.05) is 6.42 Å². The van der Waals surface area contributed by atoms with Crippen molar-refractivity contribution in [1.29, 1.82) is 0 Å². The van der Waals surface area contributed by atoms with Gasteiger partial charge in [-0.25, -0.2) is 0 Å². The van der Waals surface area contributed by atoms with E-state index >= 15 is 0 Å². The smallest absolute Gasteiger partial charge is 0.188 e. The molecule has 0 amide bonds. The minimum Gasteiger partial charge on any atom is -0.370 e. The standard InChI is InChI=1S/C13H24N6.HI/c1-10(2)16-13(14)15-8-7-12-18-17-11-6-4-3-5-9-19(11)12;/h10H,3-9H2,1-2H3,(H3,14,15,16);1H. The molecule has 0 spiro atoms. The third-order valence-corrected chi connectivity index (χ3v) is 3.24. The van der Waals surface area contributed by atoms with Gasteiger partial charge in [-0.2, -0.15) is 0 Å². The number of rotatable bonds is 4. The minimum absolute atomic E-state index is 0. The SMILES string of the molecule is CC(C)NC(N)=NCCc1nnc2n1CCCCC2.I. The summed E-state index contributed by atoms with van der Waals surface area (Å²) in [6, 6.07) is 0.313. The van der Waals surface area contributed by atoms with E-state index in [0.29, 0.717) is 18.5 Å². The van der Waals surface area contributed by atoms with E-state index in [1.807, 2.05) is 13.8 Å². The average molecular weight is 392 g/mol. The normalized spacial score (nSPS) is 15.4. The molecule has 2 heterocycles. The molecule has 6 nitrogen and oxygen atoms in total. The van der Waals surface area contributed by atoms with E-state index in [1.165, 1.54) is 19.3 Å². The molecule has 1 aliphatic rings. The average Bonchev–Trinajstić information content (AvgIpc) is 2.58. The van der Waals surface area contributed by atoms with Crippen molar-refractivity contribution < 1.29 is 0 Å². The van der Waals surface area contributed by atoms with Gasteiger partial charge in [0.1, 0.15) is 11.6 Å². The Morgan fingerprint density at radius 1 is 1.35 bits per heavy atom. The summed E-state index contributed by atoms with van der Waals surface area (Å²) < 4.78 is 2.26. The maximum atomic E-state index is 5.77. The monoisotopic (exact) mass is 392 g/mol. The lowest BCUT2D eigenvalue weighted by Crippen LogP contribution is -2.36. The molecular formula is C13H25IN6. The van der Waals surface area contributed by atoms with Crippen molar-refractivity contribution in [2.75, 3.05) is 6.54 Å². The highest BCUT2D eigenvalue weighted by molar-refractivity contribution is 14.0. The van der Waals surface area contributed by atoms with Crippen LogP contribution in [0.2, 0.25) is 0 Å². The molecule has 0 aromatic carbocycles. The van der Waals surface area contributed by atoms with Crippen molar-refractivity contribution in [3.05, 3.63) is 11.6 Å². The molecule has 1 aliphatic heterocycles. The molecule has 1 aromatic heterocycles. The van der Waals surface area contributed by atoms with Crippen LogP contribution in [0.15, 0.2) is 4.99 Å². The van der Waals surface area contributed by atoms with Crippen LogP contribution in [0.4, 0.5) is 0 Å². The Bertz CT molecular complexity index is 440. The highest BCUT2D eigenvalue weighted by Gasteiger charge is 2.13. The molecule has 0 unspecified atom stereocenters. The van der Waals surface area contributed by atoms with Crippen LogP contribution in [0.3, 0.4) is 0 Å². The second-order valence-corrected chi connectivity index (χ2v) is 5.31. The minimum atomic E-state index is 0. The number of aliphatic imine (C=N–C) groups is 1. The number of hydrogen-bond donors (Lipinski definition) is 2. The van der Waals surface area contributed by atoms with E-state index in [1.54, 1.807) is 0 Å². The van der Waals surface area contributed by atoms with Gasteiger partial charge >= 0.3 is 0 Å². The second kappa shape index (κ2) is 8.43. The van der Waals surface area contributed by atoms with Gasteiger partial charge < -0.3 is 15.6 Å². The molecule has 2 rings (SSSR count). The van der Waals surface area contributed by atoms with Crippen molar-refractivity contribution in [1.82, 2.24) is 20.1 Å². The van der Waals surface area contributed by atoms with E-state index < -0.39 is 0 Å². The predicted octanol–water partition coefficient (Wildman–Crippen LogP) is 1.48. The Kier molecular flexibility index (Phi) is 7.25. The van der Waals surface area contributed by atoms with Gasteiger partial charge in [-0.05, 0) is 26.7 Å². The van der Waals surface area contributed by atoms with Gasteiger partial charge in [0.15, 0.2) is 5.96 Å². The fourth-order valence-corrected chi connectivity index (χ4v) is 2.35. The first kappa shape index (κ1) is 17.2. The van der Waals surface area contributed by atoms with Crippen molar-refractivity contribution in [2.45, 2.75) is 58.5 Å². The number of nitrogens with zero attached hydrogens (tertiary/aromatic N) is 4. The first-order valence-electron chi connectivity index (χ1n) is 7.14. The van der Waals surface area contributed by atoms with E-state index in [-0.39, 0.29) is 24.0 Å². The predicted molar refractivity (Wildman–Crippen MR) is 91.5 cm³/mol. The van der Waals surface area contributed by atoms with Gasteiger partial charge in [0.25, 0.3) is 0 Å². The molecule has 0 saturated heterocycles. The first-order chi connectivity index (χ1) is 9.16. The van der Waals surface area contributed by atoms with Gasteiger partial charge in [0, 0.05) is 32.0 Å². The van der Waals surface area contributed by atoms with Crippen LogP contribution >= 0.6 is 24.0 Å². The fourth-order valence-electron chi connectivity index (χ4n) is 2.35. The summed E-state index contributed by atoms with van der Waals surface area (Å²) in [5.41, 5.74) is 5.77. The summed E-state index contributed by atoms with van der Waals surface area (Å²) in [5.74, 6) is 2.67. The first-order valence-corrected chi connectivity index (χ1v) is 7.14. The van der Waals surface area contributed by atoms with Crippen molar-refractivity contribution in [3.63, 3.8) is 0 Å². The lowest BCUT2D eigenvalue weighted by molar-refractivity contribution is 0.604. The van der Waals surface area contributed by atoms with E-state index in [4.69, 9.17) is 5.73 Å². The Morgan fingerprint density at radius 3 is 2.90 bits per heavy atom. The Morgan fingerprint density at radius 2 is 2.15 bits per heavy atom. The summed E-state index contributed by atoms with van der Waals surface area (Å²) in [4.78, 5) is 4.31. The Hall–Kier alpha value is -0.860. The number of fused-ring (bicyclic) bond motifs is 1. The van der Waals surface area contributed by atoms with Crippen LogP contribution in [0.25, 0.3) is 0 Å². The highest BCUT2D eigenvalue weighted by Crippen LogP contribution is 2.14. The quantitative estimate of drug-likeness (QED) is 0.462. The van der Waals surface area contributed by atoms with Crippen LogP contribution in [0.1, 0.15) is 44.8 Å². The molecule has 0 saturated carbocycles. The van der Waals surface area contributed by atoms with Crippen molar-refractivity contribution in [3.8, 4) is 0 Å². The molecule has 7 heteroatoms. The molecular weight excluding hydrogens is 367 g/mol. The number of aromatic nitrogens is 3. The lowest BCUT2D eigenvalue weighted by Gasteiger charge is -2.08. The van der Waals surface area contributed by atoms with Gasteiger partial charge in [-0.3, -0.25) is 4.99 Å². The van der Waals surface area contributed by atoms with E-state index in [2.05, 4.69) is 25.1 Å². The second-order valence-electron chi connectivity index (χ2n) is 5.31. The fraction of sp³-hybridized carbons (Fsp3) is 0.769. The zero-order chi connectivity index (χ0) is 13.7. The van der Waals surface area contributed by atoms with Gasteiger partial charge in [-0.15, -0.1) is 34.2 Å². The summed E-state index contributed by atoms with van der Waals surface area (Å²) in [5, 5.41) is 11.6. The Balaban J connectivity index is 0.00000200. The number of halogens is 1. The molecule has 3 N–H and O–H groups in total. The topological polar surface area (TPSA) is 81.1 Å². The van der Waals surface area contributed by atoms with Crippen LogP contribution in [-0.4, -0.2) is 33.3 Å². The number of hydrogen-bond acceptors (Lipinski definition) is 3. The van der Waals surface area contributed by atoms with Crippen LogP contribution in [0, 0.1) is 0 Å². The molecule has 0 atom stereocenters. The van der Waals surface area contributed by atoms with Crippen LogP contribution in [0.5, 0.6) is 0 Å². The van der Waals surface area contributed by atoms with Crippen molar-refractivity contribution >= 4 is 29.9 Å². The number of aryl methyl sites for hydroxylation is 1. The summed E-state index contributed by atoms with van der Waals surface area (Å²) in [7, 11) is 0. The molecule has 114 valence electrons. The maximum absolute atomic E-state index is 5.77. The molecule has 1 aromatic rings. The third-order valence-electron chi connectivity index (χ3n) is 3.24. The Labute approximate surface area is 137 Å². The number of nitrogens with one attached hydrogen (secondary N) is 1. The highest BCUT2D eigenvalue weighted by atomic mass is 127. The molecule has 0 aliphatic carbocycles. The molecule has 0 bridgehead atoms. The van der Waals surface area contributed by atoms with E-state index in [0.717, 1.165) is 31.0 Å². The van der Waals surface area contributed by atoms with E-state index in [9.17, 15) is 0 Å². The van der Waals surface area contributed by atoms with Crippen LogP contribution < -0.4 is 11.1 Å². The molecule has 0 fully saturated rings. The number of nitrogens with two attached hydrogens (primary N) is 1. The third kappa shape index (κ3) is 4.92. The molecule has 0 radical (unpaired) electrons. The van der Waals surface area contributed by atoms with Gasteiger partial charge in [0.2, 0.25) is 0 Å². The summed E-state index contributed by atoms with van der Waals surface area (Å²) in [6.07, 6.45) is 5.58. The zero-order valence-electron chi connectivity index (χ0n) is 12.3. The van der Waals surface area contributed by atoms with Crippen LogP contribution in [-0.2, 0) is 19.4 Å². The van der Waals surface area contributed by atoms with Crippen molar-refractivity contribution in [2.24, 2.45) is 10.7 Å². The lowest BCUT2D eigenvalue weighted by atomic mass is 10.2. The summed E-state index contributed by atoms with van der Waals surface area (Å²) >= 11 is 0.